The van der Waals surface area contributed by atoms with Crippen LogP contribution in [0.3, 0.4) is 0 Å². The number of aromatic nitrogens is 3. The molecule has 1 aromatic carbocycles. The number of ether oxygens (including phenoxy) is 1. The third-order valence-electron chi connectivity index (χ3n) is 6.34. The second kappa shape index (κ2) is 9.96. The molecule has 0 radical (unpaired) electrons. The molecular weight excluding hydrogens is 500 g/mol. The minimum absolute atomic E-state index is 0.00470. The van der Waals surface area contributed by atoms with Crippen LogP contribution in [0.4, 0.5) is 8.78 Å². The van der Waals surface area contributed by atoms with Crippen molar-refractivity contribution in [2.24, 2.45) is 0 Å². The van der Waals surface area contributed by atoms with Gasteiger partial charge >= 0.3 is 0 Å². The van der Waals surface area contributed by atoms with Gasteiger partial charge in [-0.05, 0) is 71.5 Å². The zero-order valence-corrected chi connectivity index (χ0v) is 21.8. The summed E-state index contributed by atoms with van der Waals surface area (Å²) in [6.07, 6.45) is 0.449. The van der Waals surface area contributed by atoms with Gasteiger partial charge in [-0.1, -0.05) is 20.8 Å². The summed E-state index contributed by atoms with van der Waals surface area (Å²) >= 11 is 3.28. The van der Waals surface area contributed by atoms with Crippen molar-refractivity contribution in [2.45, 2.75) is 83.0 Å². The summed E-state index contributed by atoms with van der Waals surface area (Å²) in [5.41, 5.74) is 0.0907. The third-order valence-corrected chi connectivity index (χ3v) is 11.2. The predicted molar refractivity (Wildman–Crippen MR) is 124 cm³/mol. The number of rotatable bonds is 7. The second-order valence-electron chi connectivity index (χ2n) is 9.79. The van der Waals surface area contributed by atoms with Gasteiger partial charge < -0.3 is 14.3 Å². The van der Waals surface area contributed by atoms with Crippen molar-refractivity contribution in [3.63, 3.8) is 0 Å². The van der Waals surface area contributed by atoms with Gasteiger partial charge in [-0.3, -0.25) is 0 Å². The number of halogens is 3. The van der Waals surface area contributed by atoms with E-state index in [1.54, 1.807) is 4.68 Å². The van der Waals surface area contributed by atoms with Crippen LogP contribution in [0.5, 0.6) is 0 Å². The lowest BCUT2D eigenvalue weighted by Gasteiger charge is -2.40. The maximum atomic E-state index is 14.7. The second-order valence-corrected chi connectivity index (χ2v) is 15.3. The highest BCUT2D eigenvalue weighted by Crippen LogP contribution is 2.42. The summed E-state index contributed by atoms with van der Waals surface area (Å²) in [7, 11) is -2.38. The Morgan fingerprint density at radius 3 is 2.66 bits per heavy atom. The van der Waals surface area contributed by atoms with Crippen LogP contribution < -0.4 is 0 Å². The van der Waals surface area contributed by atoms with Crippen LogP contribution in [0.25, 0.3) is 0 Å². The van der Waals surface area contributed by atoms with Gasteiger partial charge in [-0.2, -0.15) is 0 Å². The standard InChI is InChI=1S/C22H32BrF2N3O3Si/c1-22(2,3)32(4,5)31-18(15-12-14(24)9-10-16(15)25)13-17(29)20-26-21(23)27-28(20)19-8-6-7-11-30-19/h9-10,12,17-19,29H,6-8,11,13H2,1-5H3. The maximum absolute atomic E-state index is 14.7. The van der Waals surface area contributed by atoms with Crippen molar-refractivity contribution in [2.75, 3.05) is 6.61 Å². The maximum Gasteiger partial charge on any atom is 0.217 e. The van der Waals surface area contributed by atoms with E-state index in [0.29, 0.717) is 17.2 Å². The molecule has 1 saturated heterocycles. The van der Waals surface area contributed by atoms with E-state index in [4.69, 9.17) is 9.16 Å². The summed E-state index contributed by atoms with van der Waals surface area (Å²) in [5, 5.41) is 15.4. The van der Waals surface area contributed by atoms with Crippen molar-refractivity contribution in [3.05, 3.63) is 46.0 Å². The first-order valence-corrected chi connectivity index (χ1v) is 14.6. The fourth-order valence-corrected chi connectivity index (χ4v) is 5.15. The Labute approximate surface area is 197 Å². The minimum Gasteiger partial charge on any atom is -0.410 e. The SMILES string of the molecule is CC(C)(C)[Si](C)(C)OC(CC(O)c1nc(Br)nn1C1CCCCO1)c1cc(F)ccc1F. The molecule has 1 aromatic heterocycles. The highest BCUT2D eigenvalue weighted by atomic mass is 79.9. The number of hydrogen-bond donors (Lipinski definition) is 1. The quantitative estimate of drug-likeness (QED) is 0.430. The van der Waals surface area contributed by atoms with Crippen LogP contribution in [0, 0.1) is 11.6 Å². The molecule has 2 heterocycles. The van der Waals surface area contributed by atoms with Crippen molar-refractivity contribution < 1.29 is 23.1 Å². The Balaban J connectivity index is 1.94. The lowest BCUT2D eigenvalue weighted by atomic mass is 10.0. The van der Waals surface area contributed by atoms with Crippen molar-refractivity contribution in [1.82, 2.24) is 14.8 Å². The van der Waals surface area contributed by atoms with Crippen molar-refractivity contribution in [1.29, 1.82) is 0 Å². The van der Waals surface area contributed by atoms with Gasteiger partial charge in [-0.25, -0.2) is 18.4 Å². The molecule has 1 N–H and O–H groups in total. The molecule has 1 aliphatic rings. The normalized spacial score (nSPS) is 19.7. The molecule has 2 aromatic rings. The number of nitrogens with zero attached hydrogens (tertiary/aromatic N) is 3. The highest BCUT2D eigenvalue weighted by Gasteiger charge is 2.41. The molecule has 3 rings (SSSR count). The average Bonchev–Trinajstić information content (AvgIpc) is 3.11. The van der Waals surface area contributed by atoms with E-state index >= 15 is 0 Å². The van der Waals surface area contributed by atoms with Crippen LogP contribution in [-0.4, -0.2) is 34.8 Å². The molecule has 0 amide bonds. The first-order chi connectivity index (χ1) is 14.9. The summed E-state index contributed by atoms with van der Waals surface area (Å²) in [6.45, 7) is 10.9. The molecule has 32 heavy (non-hydrogen) atoms. The lowest BCUT2D eigenvalue weighted by Crippen LogP contribution is -2.42. The van der Waals surface area contributed by atoms with E-state index in [0.717, 1.165) is 37.5 Å². The first-order valence-electron chi connectivity index (χ1n) is 10.9. The van der Waals surface area contributed by atoms with Crippen LogP contribution in [0.15, 0.2) is 22.9 Å². The molecule has 1 fully saturated rings. The van der Waals surface area contributed by atoms with E-state index in [2.05, 4.69) is 46.8 Å². The highest BCUT2D eigenvalue weighted by molar-refractivity contribution is 9.10. The van der Waals surface area contributed by atoms with Gasteiger partial charge in [0, 0.05) is 18.6 Å². The molecule has 178 valence electrons. The Kier molecular flexibility index (Phi) is 7.92. The smallest absolute Gasteiger partial charge is 0.217 e. The summed E-state index contributed by atoms with van der Waals surface area (Å²) in [6, 6.07) is 3.31. The Hall–Kier alpha value is -1.20. The molecule has 6 nitrogen and oxygen atoms in total. The molecule has 1 aliphatic heterocycles. The largest absolute Gasteiger partial charge is 0.410 e. The minimum atomic E-state index is -2.38. The topological polar surface area (TPSA) is 69.4 Å². The molecule has 3 atom stereocenters. The van der Waals surface area contributed by atoms with Crippen LogP contribution in [0.1, 0.15) is 76.3 Å². The first kappa shape index (κ1) is 25.4. The van der Waals surface area contributed by atoms with Crippen LogP contribution in [0.2, 0.25) is 18.1 Å². The molecule has 0 bridgehead atoms. The van der Waals surface area contributed by atoms with E-state index in [9.17, 15) is 13.9 Å². The summed E-state index contributed by atoms with van der Waals surface area (Å²) in [5.74, 6) is -0.814. The Bertz CT molecular complexity index is 930. The van der Waals surface area contributed by atoms with Gasteiger partial charge in [0.15, 0.2) is 20.4 Å². The third kappa shape index (κ3) is 5.83. The van der Waals surface area contributed by atoms with Crippen molar-refractivity contribution in [3.8, 4) is 0 Å². The Morgan fingerprint density at radius 1 is 1.31 bits per heavy atom. The zero-order chi connectivity index (χ0) is 23.7. The molecule has 0 aliphatic carbocycles. The van der Waals surface area contributed by atoms with Gasteiger partial charge in [-0.15, -0.1) is 5.10 Å². The van der Waals surface area contributed by atoms with E-state index < -0.39 is 32.2 Å². The number of aliphatic hydroxyl groups excluding tert-OH is 1. The monoisotopic (exact) mass is 531 g/mol. The number of benzene rings is 1. The molecule has 0 saturated carbocycles. The van der Waals surface area contributed by atoms with E-state index in [1.807, 2.05) is 13.1 Å². The molecular formula is C22H32BrF2N3O3Si. The molecule has 0 spiro atoms. The van der Waals surface area contributed by atoms with Crippen molar-refractivity contribution >= 4 is 24.2 Å². The summed E-state index contributed by atoms with van der Waals surface area (Å²) < 4.78 is 43.0. The average molecular weight is 533 g/mol. The van der Waals surface area contributed by atoms with Crippen LogP contribution in [-0.2, 0) is 9.16 Å². The Morgan fingerprint density at radius 2 is 2.03 bits per heavy atom. The van der Waals surface area contributed by atoms with E-state index in [-0.39, 0.29) is 23.3 Å². The van der Waals surface area contributed by atoms with Gasteiger partial charge in [0.1, 0.15) is 17.7 Å². The number of hydrogen-bond acceptors (Lipinski definition) is 5. The summed E-state index contributed by atoms with van der Waals surface area (Å²) in [4.78, 5) is 4.34. The fourth-order valence-electron chi connectivity index (χ4n) is 3.50. The van der Waals surface area contributed by atoms with Gasteiger partial charge in [0.25, 0.3) is 0 Å². The molecule has 3 unspecified atom stereocenters. The van der Waals surface area contributed by atoms with Gasteiger partial charge in [0.2, 0.25) is 4.73 Å². The van der Waals surface area contributed by atoms with Crippen LogP contribution >= 0.6 is 15.9 Å². The van der Waals surface area contributed by atoms with Gasteiger partial charge in [0.05, 0.1) is 6.10 Å². The van der Waals surface area contributed by atoms with E-state index in [1.165, 1.54) is 0 Å². The number of aliphatic hydroxyl groups is 1. The predicted octanol–water partition coefficient (Wildman–Crippen LogP) is 6.20. The molecule has 10 heteroatoms. The fraction of sp³-hybridized carbons (Fsp3) is 0.636. The lowest BCUT2D eigenvalue weighted by molar-refractivity contribution is -0.0467. The zero-order valence-electron chi connectivity index (χ0n) is 19.2.